The molecule has 0 saturated heterocycles. The van der Waals surface area contributed by atoms with Crippen molar-refractivity contribution in [2.45, 2.75) is 6.29 Å². The average Bonchev–Trinajstić information content (AvgIpc) is 3.16. The summed E-state index contributed by atoms with van der Waals surface area (Å²) in [7, 11) is 9.19. The largest absolute Gasteiger partial charge is 0.493 e. The highest BCUT2D eigenvalue weighted by Gasteiger charge is 2.29. The summed E-state index contributed by atoms with van der Waals surface area (Å²) in [6.07, 6.45) is 2.27. The van der Waals surface area contributed by atoms with E-state index in [1.807, 2.05) is 0 Å². The number of methoxy groups -OCH3 is 6. The van der Waals surface area contributed by atoms with Crippen LogP contribution >= 0.6 is 0 Å². The third kappa shape index (κ3) is 5.37. The summed E-state index contributed by atoms with van der Waals surface area (Å²) in [6, 6.07) is 6.96. The Hall–Kier alpha value is -4.07. The smallest absolute Gasteiger partial charge is 0.255 e. The molecule has 13 nitrogen and oxygen atoms in total. The van der Waals surface area contributed by atoms with Gasteiger partial charge in [-0.15, -0.1) is 0 Å². The Kier molecular flexibility index (Phi) is 8.30. The molecule has 0 amide bonds. The second-order valence-corrected chi connectivity index (χ2v) is 6.95. The summed E-state index contributed by atoms with van der Waals surface area (Å²) >= 11 is 0. The third-order valence-electron chi connectivity index (χ3n) is 4.98. The molecule has 1 aliphatic rings. The van der Waals surface area contributed by atoms with Gasteiger partial charge in [-0.05, 0) is 24.3 Å². The summed E-state index contributed by atoms with van der Waals surface area (Å²) in [6.45, 7) is 0. The molecule has 35 heavy (non-hydrogen) atoms. The Bertz CT molecular complexity index is 1090. The number of hydrogen-bond donors (Lipinski definition) is 2. The van der Waals surface area contributed by atoms with E-state index < -0.39 is 6.29 Å². The maximum atomic E-state index is 6.04. The fraction of sp³-hybridized carbons (Fsp3) is 0.318. The highest BCUT2D eigenvalue weighted by Crippen LogP contribution is 2.38. The average molecular weight is 488 g/mol. The minimum atomic E-state index is -0.841. The van der Waals surface area contributed by atoms with Crippen molar-refractivity contribution in [1.29, 1.82) is 0 Å². The zero-order chi connectivity index (χ0) is 25.5. The summed E-state index contributed by atoms with van der Waals surface area (Å²) in [4.78, 5) is 13.1. The van der Waals surface area contributed by atoms with Gasteiger partial charge in [0, 0.05) is 23.6 Å². The third-order valence-corrected chi connectivity index (χ3v) is 4.98. The van der Waals surface area contributed by atoms with E-state index in [-0.39, 0.29) is 5.96 Å². The Balaban J connectivity index is 1.85. The second-order valence-electron chi connectivity index (χ2n) is 6.95. The van der Waals surface area contributed by atoms with Crippen LogP contribution in [0.25, 0.3) is 0 Å². The van der Waals surface area contributed by atoms with Crippen molar-refractivity contribution in [1.82, 2.24) is 10.2 Å². The molecule has 1 unspecified atom stereocenters. The maximum absolute atomic E-state index is 6.04. The zero-order valence-corrected chi connectivity index (χ0v) is 20.4. The lowest BCUT2D eigenvalue weighted by Gasteiger charge is -2.21. The molecule has 1 heterocycles. The number of aliphatic imine (C=N–C) groups is 3. The van der Waals surface area contributed by atoms with E-state index in [0.717, 1.165) is 10.2 Å². The molecule has 2 aromatic rings. The van der Waals surface area contributed by atoms with E-state index in [1.165, 1.54) is 42.7 Å². The molecule has 2 aromatic carbocycles. The van der Waals surface area contributed by atoms with Crippen LogP contribution in [-0.4, -0.2) is 77.6 Å². The lowest BCUT2D eigenvalue weighted by molar-refractivity contribution is 0.0276. The predicted molar refractivity (Wildman–Crippen MR) is 131 cm³/mol. The first-order valence-corrected chi connectivity index (χ1v) is 10.2. The van der Waals surface area contributed by atoms with Gasteiger partial charge in [0.05, 0.1) is 42.7 Å². The SMILES string of the molecule is COc1cc(C=NC2=NC(N=Cc3cc(OC)c(OC)c(OC)c3)N(N)N2N)cc(OC)c1OC. The van der Waals surface area contributed by atoms with Gasteiger partial charge >= 0.3 is 0 Å². The lowest BCUT2D eigenvalue weighted by Crippen LogP contribution is -2.52. The van der Waals surface area contributed by atoms with Gasteiger partial charge in [-0.25, -0.2) is 26.7 Å². The van der Waals surface area contributed by atoms with E-state index in [1.54, 1.807) is 36.7 Å². The molecule has 1 atom stereocenters. The number of ether oxygens (including phenoxy) is 6. The highest BCUT2D eigenvalue weighted by atomic mass is 16.5. The molecule has 0 aromatic heterocycles. The van der Waals surface area contributed by atoms with Gasteiger partial charge in [0.1, 0.15) is 0 Å². The first-order chi connectivity index (χ1) is 16.9. The normalized spacial score (nSPS) is 16.1. The Morgan fingerprint density at radius 3 is 1.54 bits per heavy atom. The molecule has 0 radical (unpaired) electrons. The van der Waals surface area contributed by atoms with Crippen molar-refractivity contribution >= 4 is 18.4 Å². The Labute approximate surface area is 203 Å². The molecule has 0 saturated carbocycles. The summed E-state index contributed by atoms with van der Waals surface area (Å²) in [5.74, 6) is 15.1. The second kappa shape index (κ2) is 11.4. The molecular formula is C22H29N7O6. The molecule has 188 valence electrons. The van der Waals surface area contributed by atoms with Crippen LogP contribution in [0.4, 0.5) is 0 Å². The molecule has 3 rings (SSSR count). The fourth-order valence-electron chi connectivity index (χ4n) is 3.27. The van der Waals surface area contributed by atoms with Gasteiger partial charge in [0.2, 0.25) is 17.8 Å². The molecule has 0 bridgehead atoms. The molecule has 4 N–H and O–H groups in total. The minimum Gasteiger partial charge on any atom is -0.493 e. The maximum Gasteiger partial charge on any atom is 0.255 e. The van der Waals surface area contributed by atoms with Gasteiger partial charge in [0.25, 0.3) is 5.96 Å². The zero-order valence-electron chi connectivity index (χ0n) is 20.4. The van der Waals surface area contributed by atoms with Crippen LogP contribution in [0.5, 0.6) is 34.5 Å². The van der Waals surface area contributed by atoms with Crippen molar-refractivity contribution in [2.75, 3.05) is 42.7 Å². The van der Waals surface area contributed by atoms with Crippen LogP contribution in [0.15, 0.2) is 39.2 Å². The van der Waals surface area contributed by atoms with Crippen LogP contribution in [0, 0.1) is 0 Å². The van der Waals surface area contributed by atoms with Crippen LogP contribution in [-0.2, 0) is 0 Å². The number of hydrogen-bond acceptors (Lipinski definition) is 13. The quantitative estimate of drug-likeness (QED) is 0.390. The van der Waals surface area contributed by atoms with Gasteiger partial charge < -0.3 is 28.4 Å². The minimum absolute atomic E-state index is 0.147. The molecule has 0 fully saturated rings. The Morgan fingerprint density at radius 1 is 0.714 bits per heavy atom. The summed E-state index contributed by atoms with van der Waals surface area (Å²) < 4.78 is 32.1. The van der Waals surface area contributed by atoms with Gasteiger partial charge in [-0.3, -0.25) is 0 Å². The van der Waals surface area contributed by atoms with Crippen molar-refractivity contribution in [3.05, 3.63) is 35.4 Å². The fourth-order valence-corrected chi connectivity index (χ4v) is 3.27. The Morgan fingerprint density at radius 2 is 1.14 bits per heavy atom. The number of hydrazine groups is 3. The number of guanidine groups is 1. The number of benzene rings is 2. The van der Waals surface area contributed by atoms with E-state index >= 15 is 0 Å². The van der Waals surface area contributed by atoms with E-state index in [4.69, 9.17) is 40.1 Å². The van der Waals surface area contributed by atoms with Crippen molar-refractivity contribution in [2.24, 2.45) is 26.7 Å². The topological polar surface area (TPSA) is 151 Å². The van der Waals surface area contributed by atoms with Crippen LogP contribution in [0.1, 0.15) is 11.1 Å². The standard InChI is InChI=1S/C22H29N7O6/c1-30-15-7-13(8-16(31-2)19(15)34-5)11-25-21-27-22(29(24)28(21)23)26-12-14-9-17(32-3)20(35-6)18(10-14)33-4/h7-12,21H,23-24H2,1-6H3. The summed E-state index contributed by atoms with van der Waals surface area (Å²) in [5.41, 5.74) is 1.35. The van der Waals surface area contributed by atoms with E-state index in [2.05, 4.69) is 15.0 Å². The monoisotopic (exact) mass is 487 g/mol. The van der Waals surface area contributed by atoms with Crippen LogP contribution in [0.3, 0.4) is 0 Å². The predicted octanol–water partition coefficient (Wildman–Crippen LogP) is 1.20. The molecular weight excluding hydrogens is 458 g/mol. The van der Waals surface area contributed by atoms with Crippen LogP contribution < -0.4 is 40.1 Å². The van der Waals surface area contributed by atoms with Gasteiger partial charge in [0.15, 0.2) is 23.0 Å². The summed E-state index contributed by atoms with van der Waals surface area (Å²) in [5, 5.41) is 2.22. The number of rotatable bonds is 9. The molecule has 0 spiro atoms. The van der Waals surface area contributed by atoms with E-state index in [9.17, 15) is 0 Å². The molecule has 13 heteroatoms. The number of nitrogens with two attached hydrogens (primary N) is 2. The van der Waals surface area contributed by atoms with Gasteiger partial charge in [-0.1, -0.05) is 5.12 Å². The van der Waals surface area contributed by atoms with Crippen molar-refractivity contribution < 1.29 is 28.4 Å². The lowest BCUT2D eigenvalue weighted by atomic mass is 10.2. The number of nitrogens with zero attached hydrogens (tertiary/aromatic N) is 5. The molecule has 0 aliphatic carbocycles. The van der Waals surface area contributed by atoms with Crippen molar-refractivity contribution in [3.8, 4) is 34.5 Å². The first-order valence-electron chi connectivity index (χ1n) is 10.2. The molecule has 1 aliphatic heterocycles. The van der Waals surface area contributed by atoms with Gasteiger partial charge in [-0.2, -0.15) is 5.12 Å². The van der Waals surface area contributed by atoms with Crippen molar-refractivity contribution in [3.63, 3.8) is 0 Å². The van der Waals surface area contributed by atoms with Crippen LogP contribution in [0.2, 0.25) is 0 Å². The highest BCUT2D eigenvalue weighted by molar-refractivity contribution is 5.94. The van der Waals surface area contributed by atoms with E-state index in [0.29, 0.717) is 45.6 Å². The first kappa shape index (κ1) is 25.6.